The molecule has 0 aliphatic carbocycles. The van der Waals surface area contributed by atoms with Crippen LogP contribution < -0.4 is 4.90 Å². The standard InChI is InChI=1S/C12H12Cl2N2O5/c1-15(10-5-21-4-7(10)12(17)18)11-8(13)2-6(16(19)20)3-9(11)14/h2-3,7,10H,4-5H2,1H3,(H,17,18). The molecule has 1 aromatic rings. The minimum atomic E-state index is -0.974. The molecule has 0 bridgehead atoms. The van der Waals surface area contributed by atoms with Crippen LogP contribution in [0.4, 0.5) is 11.4 Å². The molecule has 1 N–H and O–H groups in total. The number of hydrogen-bond donors (Lipinski definition) is 1. The van der Waals surface area contributed by atoms with E-state index < -0.39 is 22.9 Å². The molecule has 0 radical (unpaired) electrons. The predicted molar refractivity (Wildman–Crippen MR) is 77.3 cm³/mol. The Balaban J connectivity index is 2.37. The third kappa shape index (κ3) is 3.04. The SMILES string of the molecule is CN(c1c(Cl)cc([N+](=O)[O-])cc1Cl)C1COCC1C(=O)O. The van der Waals surface area contributed by atoms with E-state index in [4.69, 9.17) is 27.9 Å². The lowest BCUT2D eigenvalue weighted by molar-refractivity contribution is -0.384. The zero-order valence-corrected chi connectivity index (χ0v) is 12.5. The smallest absolute Gasteiger partial charge is 0.311 e. The van der Waals surface area contributed by atoms with Gasteiger partial charge in [-0.2, -0.15) is 0 Å². The van der Waals surface area contributed by atoms with E-state index in [0.29, 0.717) is 5.69 Å². The van der Waals surface area contributed by atoms with Crippen molar-refractivity contribution in [1.29, 1.82) is 0 Å². The Hall–Kier alpha value is -1.57. The molecule has 114 valence electrons. The maximum Gasteiger partial charge on any atom is 0.311 e. The van der Waals surface area contributed by atoms with E-state index in [0.717, 1.165) is 0 Å². The Bertz CT molecular complexity index is 572. The zero-order valence-electron chi connectivity index (χ0n) is 11.0. The van der Waals surface area contributed by atoms with Crippen LogP contribution in [0.2, 0.25) is 10.0 Å². The third-order valence-corrected chi connectivity index (χ3v) is 4.01. The second-order valence-corrected chi connectivity index (χ2v) is 5.49. The van der Waals surface area contributed by atoms with E-state index in [2.05, 4.69) is 0 Å². The summed E-state index contributed by atoms with van der Waals surface area (Å²) in [6.45, 7) is 0.323. The second kappa shape index (κ2) is 6.05. The van der Waals surface area contributed by atoms with E-state index in [-0.39, 0.29) is 28.9 Å². The van der Waals surface area contributed by atoms with Gasteiger partial charge in [0.25, 0.3) is 5.69 Å². The average Bonchev–Trinajstić information content (AvgIpc) is 2.86. The number of halogens is 2. The molecular formula is C12H12Cl2N2O5. The van der Waals surface area contributed by atoms with Crippen LogP contribution in [0, 0.1) is 16.0 Å². The van der Waals surface area contributed by atoms with Gasteiger partial charge in [0.1, 0.15) is 5.92 Å². The van der Waals surface area contributed by atoms with Crippen molar-refractivity contribution in [3.8, 4) is 0 Å². The summed E-state index contributed by atoms with van der Waals surface area (Å²) in [5, 5.41) is 20.1. The Labute approximate surface area is 130 Å². The number of ether oxygens (including phenoxy) is 1. The molecule has 1 aromatic carbocycles. The Morgan fingerprint density at radius 1 is 1.43 bits per heavy atom. The molecule has 1 heterocycles. The number of likely N-dealkylation sites (N-methyl/N-ethyl adjacent to an activating group) is 1. The van der Waals surface area contributed by atoms with E-state index in [1.807, 2.05) is 0 Å². The Morgan fingerprint density at radius 3 is 2.48 bits per heavy atom. The number of nitro benzene ring substituents is 1. The average molecular weight is 335 g/mol. The summed E-state index contributed by atoms with van der Waals surface area (Å²) >= 11 is 12.1. The molecule has 0 saturated carbocycles. The third-order valence-electron chi connectivity index (χ3n) is 3.43. The number of nitrogens with zero attached hydrogens (tertiary/aromatic N) is 2. The van der Waals surface area contributed by atoms with Gasteiger partial charge >= 0.3 is 5.97 Å². The molecule has 1 aliphatic heterocycles. The van der Waals surface area contributed by atoms with Gasteiger partial charge in [-0.05, 0) is 0 Å². The summed E-state index contributed by atoms with van der Waals surface area (Å²) in [7, 11) is 1.63. The highest BCUT2D eigenvalue weighted by atomic mass is 35.5. The molecule has 2 atom stereocenters. The molecule has 1 aliphatic rings. The predicted octanol–water partition coefficient (Wildman–Crippen LogP) is 2.44. The van der Waals surface area contributed by atoms with Gasteiger partial charge < -0.3 is 14.7 Å². The fourth-order valence-electron chi connectivity index (χ4n) is 2.32. The molecule has 21 heavy (non-hydrogen) atoms. The first-order valence-corrected chi connectivity index (χ1v) is 6.75. The highest BCUT2D eigenvalue weighted by Gasteiger charge is 2.38. The van der Waals surface area contributed by atoms with Crippen molar-refractivity contribution in [1.82, 2.24) is 0 Å². The molecule has 7 nitrogen and oxygen atoms in total. The molecule has 0 spiro atoms. The van der Waals surface area contributed by atoms with Gasteiger partial charge in [-0.15, -0.1) is 0 Å². The number of carboxylic acid groups (broad SMARTS) is 1. The van der Waals surface area contributed by atoms with Crippen molar-refractivity contribution in [2.24, 2.45) is 5.92 Å². The lowest BCUT2D eigenvalue weighted by Crippen LogP contribution is -2.41. The van der Waals surface area contributed by atoms with Gasteiger partial charge in [-0.1, -0.05) is 23.2 Å². The van der Waals surface area contributed by atoms with Crippen LogP contribution >= 0.6 is 23.2 Å². The fourth-order valence-corrected chi connectivity index (χ4v) is 3.06. The van der Waals surface area contributed by atoms with Crippen LogP contribution in [0.15, 0.2) is 12.1 Å². The molecule has 2 unspecified atom stereocenters. The van der Waals surface area contributed by atoms with Gasteiger partial charge in [0.2, 0.25) is 0 Å². The largest absolute Gasteiger partial charge is 0.481 e. The number of hydrogen-bond acceptors (Lipinski definition) is 5. The van der Waals surface area contributed by atoms with E-state index in [1.54, 1.807) is 11.9 Å². The molecule has 2 rings (SSSR count). The van der Waals surface area contributed by atoms with Gasteiger partial charge in [0, 0.05) is 19.2 Å². The second-order valence-electron chi connectivity index (χ2n) is 4.68. The van der Waals surface area contributed by atoms with E-state index in [9.17, 15) is 20.0 Å². The number of benzene rings is 1. The van der Waals surface area contributed by atoms with Crippen LogP contribution in [0.5, 0.6) is 0 Å². The van der Waals surface area contributed by atoms with Crippen LogP contribution in [0.1, 0.15) is 0 Å². The maximum absolute atomic E-state index is 11.2. The summed E-state index contributed by atoms with van der Waals surface area (Å²) in [4.78, 5) is 23.0. The van der Waals surface area contributed by atoms with Crippen LogP contribution in [-0.4, -0.2) is 42.3 Å². The number of nitro groups is 1. The Morgan fingerprint density at radius 2 is 2.00 bits per heavy atom. The minimum Gasteiger partial charge on any atom is -0.481 e. The number of carboxylic acids is 1. The number of anilines is 1. The van der Waals surface area contributed by atoms with Crippen LogP contribution in [0.3, 0.4) is 0 Å². The molecule has 1 fully saturated rings. The van der Waals surface area contributed by atoms with Crippen molar-refractivity contribution in [2.45, 2.75) is 6.04 Å². The number of carbonyl (C=O) groups is 1. The van der Waals surface area contributed by atoms with Gasteiger partial charge in [-0.3, -0.25) is 14.9 Å². The normalized spacial score (nSPS) is 21.3. The van der Waals surface area contributed by atoms with Gasteiger partial charge in [-0.25, -0.2) is 0 Å². The van der Waals surface area contributed by atoms with E-state index in [1.165, 1.54) is 12.1 Å². The fraction of sp³-hybridized carbons (Fsp3) is 0.417. The van der Waals surface area contributed by atoms with Gasteiger partial charge in [0.15, 0.2) is 0 Å². The summed E-state index contributed by atoms with van der Waals surface area (Å²) in [5.74, 6) is -1.68. The quantitative estimate of drug-likeness (QED) is 0.671. The first-order chi connectivity index (χ1) is 9.82. The molecule has 0 aromatic heterocycles. The maximum atomic E-state index is 11.2. The molecule has 1 saturated heterocycles. The topological polar surface area (TPSA) is 92.9 Å². The number of rotatable bonds is 4. The zero-order chi connectivity index (χ0) is 15.7. The summed E-state index contributed by atoms with van der Waals surface area (Å²) in [6.07, 6.45) is 0. The van der Waals surface area contributed by atoms with Crippen LogP contribution in [0.25, 0.3) is 0 Å². The summed E-state index contributed by atoms with van der Waals surface area (Å²) in [6, 6.07) is 1.93. The van der Waals surface area contributed by atoms with Crippen molar-refractivity contribution in [2.75, 3.05) is 25.2 Å². The number of non-ortho nitro benzene ring substituents is 1. The highest BCUT2D eigenvalue weighted by Crippen LogP contribution is 2.39. The highest BCUT2D eigenvalue weighted by molar-refractivity contribution is 6.39. The van der Waals surface area contributed by atoms with Crippen LogP contribution in [-0.2, 0) is 9.53 Å². The monoisotopic (exact) mass is 334 g/mol. The Kier molecular flexibility index (Phi) is 4.55. The molecular weight excluding hydrogens is 323 g/mol. The van der Waals surface area contributed by atoms with Crippen molar-refractivity contribution in [3.63, 3.8) is 0 Å². The molecule has 0 amide bonds. The lowest BCUT2D eigenvalue weighted by atomic mass is 10.0. The minimum absolute atomic E-state index is 0.0905. The first kappa shape index (κ1) is 15.8. The first-order valence-electron chi connectivity index (χ1n) is 5.99. The van der Waals surface area contributed by atoms with Crippen molar-refractivity contribution < 1.29 is 19.6 Å². The van der Waals surface area contributed by atoms with Gasteiger partial charge in [0.05, 0.1) is 39.9 Å². The number of aliphatic carboxylic acids is 1. The summed E-state index contributed by atoms with van der Waals surface area (Å²) < 4.78 is 5.20. The van der Waals surface area contributed by atoms with Crippen molar-refractivity contribution >= 4 is 40.5 Å². The van der Waals surface area contributed by atoms with E-state index >= 15 is 0 Å². The summed E-state index contributed by atoms with van der Waals surface area (Å²) in [5.41, 5.74) is 0.130. The lowest BCUT2D eigenvalue weighted by Gasteiger charge is -2.29. The molecule has 9 heteroatoms. The van der Waals surface area contributed by atoms with Crippen molar-refractivity contribution in [3.05, 3.63) is 32.3 Å².